The van der Waals surface area contributed by atoms with Crippen molar-refractivity contribution in [2.24, 2.45) is 0 Å². The minimum atomic E-state index is -0.542. The molecule has 7 heteroatoms. The number of anilines is 1. The summed E-state index contributed by atoms with van der Waals surface area (Å²) in [6, 6.07) is 16.7. The number of nitrogens with zero attached hydrogens (tertiary/aromatic N) is 2. The molecule has 6 nitrogen and oxygen atoms in total. The van der Waals surface area contributed by atoms with Crippen molar-refractivity contribution in [2.75, 3.05) is 5.32 Å². The zero-order chi connectivity index (χ0) is 19.5. The van der Waals surface area contributed by atoms with E-state index in [4.69, 9.17) is 16.8 Å². The van der Waals surface area contributed by atoms with Gasteiger partial charge in [0.05, 0.1) is 0 Å². The van der Waals surface area contributed by atoms with Crippen molar-refractivity contribution in [3.63, 3.8) is 0 Å². The number of rotatable bonds is 5. The summed E-state index contributed by atoms with van der Waals surface area (Å²) in [6.45, 7) is 0.556. The van der Waals surface area contributed by atoms with E-state index in [1.807, 2.05) is 41.1 Å². The fourth-order valence-electron chi connectivity index (χ4n) is 3.06. The summed E-state index contributed by atoms with van der Waals surface area (Å²) in [5, 5.41) is 12.7. The van der Waals surface area contributed by atoms with E-state index in [2.05, 4.69) is 16.4 Å². The fraction of sp³-hybridized carbons (Fsp3) is 0.0476. The molecule has 0 radical (unpaired) electrons. The van der Waals surface area contributed by atoms with Crippen LogP contribution in [0.3, 0.4) is 0 Å². The van der Waals surface area contributed by atoms with Crippen molar-refractivity contribution in [3.8, 4) is 11.1 Å². The van der Waals surface area contributed by atoms with Gasteiger partial charge in [-0.3, -0.25) is 10.0 Å². The Morgan fingerprint density at radius 3 is 2.68 bits per heavy atom. The van der Waals surface area contributed by atoms with E-state index < -0.39 is 5.91 Å². The Kier molecular flexibility index (Phi) is 4.97. The first-order valence-corrected chi connectivity index (χ1v) is 9.02. The van der Waals surface area contributed by atoms with Crippen molar-refractivity contribution < 1.29 is 10.0 Å². The highest BCUT2D eigenvalue weighted by molar-refractivity contribution is 6.30. The van der Waals surface area contributed by atoms with Gasteiger partial charge in [-0.15, -0.1) is 0 Å². The molecule has 0 aliphatic rings. The van der Waals surface area contributed by atoms with Crippen molar-refractivity contribution in [3.05, 3.63) is 89.3 Å². The van der Waals surface area contributed by atoms with Crippen LogP contribution in [0.25, 0.3) is 16.8 Å². The number of benzene rings is 2. The number of pyridine rings is 1. The number of fused-ring (bicyclic) bond motifs is 1. The van der Waals surface area contributed by atoms with E-state index in [0.717, 1.165) is 28.0 Å². The van der Waals surface area contributed by atoms with Crippen molar-refractivity contribution >= 4 is 28.8 Å². The van der Waals surface area contributed by atoms with Crippen LogP contribution in [0.5, 0.6) is 0 Å². The van der Waals surface area contributed by atoms with E-state index in [1.165, 1.54) is 0 Å². The average Bonchev–Trinajstić information content (AvgIpc) is 3.20. The third-order valence-corrected chi connectivity index (χ3v) is 4.69. The maximum absolute atomic E-state index is 11.4. The number of nitrogens with one attached hydrogen (secondary N) is 2. The van der Waals surface area contributed by atoms with E-state index >= 15 is 0 Å². The van der Waals surface area contributed by atoms with Crippen LogP contribution in [-0.2, 0) is 6.54 Å². The van der Waals surface area contributed by atoms with Crippen LogP contribution in [-0.4, -0.2) is 20.5 Å². The lowest BCUT2D eigenvalue weighted by atomic mass is 10.1. The van der Waals surface area contributed by atoms with Crippen molar-refractivity contribution in [1.82, 2.24) is 14.9 Å². The summed E-state index contributed by atoms with van der Waals surface area (Å²) in [5.41, 5.74) is 6.83. The SMILES string of the molecule is O=C(NO)c1ccc(NCc2cc(-c3cccc(Cl)c3)cn3ccnc23)cc1. The summed E-state index contributed by atoms with van der Waals surface area (Å²) >= 11 is 6.14. The number of imidazole rings is 1. The van der Waals surface area contributed by atoms with E-state index in [9.17, 15) is 4.79 Å². The standard InChI is InChI=1S/C21H17ClN4O2/c22-18-3-1-2-15(11-18)17-10-16(20-23-8-9-26(20)13-17)12-24-19-6-4-14(5-7-19)21(27)25-28/h1-11,13,24,28H,12H2,(H,25,27). The van der Waals surface area contributed by atoms with Crippen LogP contribution in [0.1, 0.15) is 15.9 Å². The number of hydroxylamine groups is 1. The lowest BCUT2D eigenvalue weighted by Crippen LogP contribution is -2.18. The Morgan fingerprint density at radius 1 is 1.11 bits per heavy atom. The Morgan fingerprint density at radius 2 is 1.93 bits per heavy atom. The molecule has 2 aromatic heterocycles. The summed E-state index contributed by atoms with van der Waals surface area (Å²) in [7, 11) is 0. The highest BCUT2D eigenvalue weighted by Gasteiger charge is 2.09. The van der Waals surface area contributed by atoms with Crippen LogP contribution >= 0.6 is 11.6 Å². The Balaban J connectivity index is 1.61. The zero-order valence-corrected chi connectivity index (χ0v) is 15.5. The molecule has 2 heterocycles. The third kappa shape index (κ3) is 3.69. The van der Waals surface area contributed by atoms with Gasteiger partial charge in [0.25, 0.3) is 5.91 Å². The van der Waals surface area contributed by atoms with Gasteiger partial charge in [-0.25, -0.2) is 10.5 Å². The Bertz CT molecular complexity index is 1140. The van der Waals surface area contributed by atoms with Gasteiger partial charge >= 0.3 is 0 Å². The minimum absolute atomic E-state index is 0.381. The predicted octanol–water partition coefficient (Wildman–Crippen LogP) is 4.39. The molecule has 0 bridgehead atoms. The normalized spacial score (nSPS) is 10.8. The van der Waals surface area contributed by atoms with Gasteiger partial charge in [0.2, 0.25) is 0 Å². The number of halogens is 1. The van der Waals surface area contributed by atoms with E-state index in [-0.39, 0.29) is 0 Å². The number of carbonyl (C=O) groups is 1. The van der Waals surface area contributed by atoms with Gasteiger partial charge in [-0.2, -0.15) is 0 Å². The molecule has 3 N–H and O–H groups in total. The molecule has 28 heavy (non-hydrogen) atoms. The van der Waals surface area contributed by atoms with Gasteiger partial charge in [0.1, 0.15) is 5.65 Å². The smallest absolute Gasteiger partial charge is 0.274 e. The van der Waals surface area contributed by atoms with Gasteiger partial charge in [-0.05, 0) is 53.6 Å². The Labute approximate surface area is 166 Å². The van der Waals surface area contributed by atoms with Gasteiger partial charge in [0, 0.05) is 47.0 Å². The first-order chi connectivity index (χ1) is 13.6. The lowest BCUT2D eigenvalue weighted by molar-refractivity contribution is 0.0706. The maximum Gasteiger partial charge on any atom is 0.274 e. The number of amides is 1. The van der Waals surface area contributed by atoms with Crippen molar-refractivity contribution in [1.29, 1.82) is 0 Å². The van der Waals surface area contributed by atoms with Gasteiger partial charge in [-0.1, -0.05) is 23.7 Å². The third-order valence-electron chi connectivity index (χ3n) is 4.45. The van der Waals surface area contributed by atoms with E-state index in [1.54, 1.807) is 35.9 Å². The number of hydrogen-bond donors (Lipinski definition) is 3. The highest BCUT2D eigenvalue weighted by Crippen LogP contribution is 2.25. The van der Waals surface area contributed by atoms with Gasteiger partial charge in [0.15, 0.2) is 0 Å². The molecule has 0 aliphatic heterocycles. The second kappa shape index (κ2) is 7.72. The lowest BCUT2D eigenvalue weighted by Gasteiger charge is -2.11. The molecule has 0 atom stereocenters. The van der Waals surface area contributed by atoms with Gasteiger partial charge < -0.3 is 9.72 Å². The molecule has 0 aliphatic carbocycles. The molecule has 0 saturated heterocycles. The molecule has 0 unspecified atom stereocenters. The highest BCUT2D eigenvalue weighted by atomic mass is 35.5. The molecule has 0 saturated carbocycles. The zero-order valence-electron chi connectivity index (χ0n) is 14.8. The van der Waals surface area contributed by atoms with Crippen LogP contribution in [0.15, 0.2) is 73.2 Å². The summed E-state index contributed by atoms with van der Waals surface area (Å²) < 4.78 is 1.99. The summed E-state index contributed by atoms with van der Waals surface area (Å²) in [6.07, 6.45) is 5.71. The van der Waals surface area contributed by atoms with E-state index in [0.29, 0.717) is 17.1 Å². The fourth-order valence-corrected chi connectivity index (χ4v) is 3.25. The molecule has 140 valence electrons. The van der Waals surface area contributed by atoms with Crippen molar-refractivity contribution in [2.45, 2.75) is 6.54 Å². The quantitative estimate of drug-likeness (QED) is 0.348. The predicted molar refractivity (Wildman–Crippen MR) is 109 cm³/mol. The molecular weight excluding hydrogens is 376 g/mol. The summed E-state index contributed by atoms with van der Waals surface area (Å²) in [4.78, 5) is 15.9. The number of carbonyl (C=O) groups excluding carboxylic acids is 1. The maximum atomic E-state index is 11.4. The number of hydrogen-bond acceptors (Lipinski definition) is 4. The molecule has 4 rings (SSSR count). The molecule has 0 spiro atoms. The second-order valence-corrected chi connectivity index (χ2v) is 6.73. The largest absolute Gasteiger partial charge is 0.381 e. The molecular formula is C21H17ClN4O2. The van der Waals surface area contributed by atoms with Crippen LogP contribution in [0, 0.1) is 0 Å². The average molecular weight is 393 g/mol. The van der Waals surface area contributed by atoms with Crippen LogP contribution in [0.2, 0.25) is 5.02 Å². The van der Waals surface area contributed by atoms with Crippen LogP contribution < -0.4 is 10.8 Å². The molecule has 4 aromatic rings. The molecule has 1 amide bonds. The topological polar surface area (TPSA) is 78.7 Å². The summed E-state index contributed by atoms with van der Waals surface area (Å²) in [5.74, 6) is -0.542. The molecule has 0 fully saturated rings. The first-order valence-electron chi connectivity index (χ1n) is 8.64. The first kappa shape index (κ1) is 18.0. The number of aromatic nitrogens is 2. The molecule has 2 aromatic carbocycles. The second-order valence-electron chi connectivity index (χ2n) is 6.29. The minimum Gasteiger partial charge on any atom is -0.381 e. The Hall–Kier alpha value is -3.35. The van der Waals surface area contributed by atoms with Crippen LogP contribution in [0.4, 0.5) is 5.69 Å². The monoisotopic (exact) mass is 392 g/mol.